The fourth-order valence-corrected chi connectivity index (χ4v) is 2.20. The molecular formula is C10H6ClF3N2OS. The first kappa shape index (κ1) is 13.3. The Morgan fingerprint density at radius 3 is 2.56 bits per heavy atom. The number of rotatable bonds is 2. The van der Waals surface area contributed by atoms with Crippen molar-refractivity contribution < 1.29 is 18.3 Å². The molecule has 0 spiro atoms. The Bertz CT molecular complexity index is 545. The molecule has 0 aliphatic rings. The first-order valence-electron chi connectivity index (χ1n) is 4.69. The minimum atomic E-state index is -4.56. The third kappa shape index (κ3) is 2.63. The van der Waals surface area contributed by atoms with E-state index in [-0.39, 0.29) is 10.7 Å². The lowest BCUT2D eigenvalue weighted by Gasteiger charge is -2.12. The van der Waals surface area contributed by atoms with E-state index in [2.05, 4.69) is 9.97 Å². The lowest BCUT2D eigenvalue weighted by Crippen LogP contribution is -2.09. The van der Waals surface area contributed by atoms with E-state index in [1.165, 1.54) is 23.0 Å². The van der Waals surface area contributed by atoms with E-state index in [0.29, 0.717) is 4.88 Å². The Labute approximate surface area is 109 Å². The zero-order valence-corrected chi connectivity index (χ0v) is 10.2. The molecule has 0 bridgehead atoms. The largest absolute Gasteiger partial charge is 0.433 e. The van der Waals surface area contributed by atoms with Gasteiger partial charge in [0.15, 0.2) is 0 Å². The van der Waals surface area contributed by atoms with E-state index in [1.807, 2.05) is 0 Å². The molecule has 0 radical (unpaired) electrons. The number of pyridine rings is 1. The van der Waals surface area contributed by atoms with Crippen molar-refractivity contribution in [2.45, 2.75) is 12.3 Å². The standard InChI is InChI=1S/C10H6ClF3N2OS/c11-9-5(8(17)6-3-15-4-18-6)1-2-7(16-9)10(12,13)14/h1-4,8,17H. The summed E-state index contributed by atoms with van der Waals surface area (Å²) in [5.74, 6) is 0. The smallest absolute Gasteiger partial charge is 0.383 e. The maximum atomic E-state index is 12.4. The summed E-state index contributed by atoms with van der Waals surface area (Å²) in [5.41, 5.74) is 0.533. The van der Waals surface area contributed by atoms with Crippen LogP contribution in [-0.2, 0) is 6.18 Å². The second-order valence-electron chi connectivity index (χ2n) is 3.38. The monoisotopic (exact) mass is 294 g/mol. The lowest BCUT2D eigenvalue weighted by atomic mass is 10.1. The molecule has 2 aromatic rings. The van der Waals surface area contributed by atoms with Gasteiger partial charge in [0, 0.05) is 11.8 Å². The number of hydrogen-bond donors (Lipinski definition) is 1. The third-order valence-electron chi connectivity index (χ3n) is 2.18. The second-order valence-corrected chi connectivity index (χ2v) is 4.66. The van der Waals surface area contributed by atoms with E-state index in [1.54, 1.807) is 0 Å². The van der Waals surface area contributed by atoms with Crippen LogP contribution in [0.15, 0.2) is 23.8 Å². The van der Waals surface area contributed by atoms with Crippen LogP contribution in [0.25, 0.3) is 0 Å². The van der Waals surface area contributed by atoms with Gasteiger partial charge in [0.1, 0.15) is 17.0 Å². The molecule has 3 nitrogen and oxygen atoms in total. The number of thiazole rings is 1. The molecule has 0 saturated carbocycles. The van der Waals surface area contributed by atoms with Crippen LogP contribution in [0, 0.1) is 0 Å². The van der Waals surface area contributed by atoms with Gasteiger partial charge in [-0.05, 0) is 6.07 Å². The Hall–Kier alpha value is -1.18. The van der Waals surface area contributed by atoms with Crippen molar-refractivity contribution in [1.82, 2.24) is 9.97 Å². The van der Waals surface area contributed by atoms with Gasteiger partial charge in [-0.15, -0.1) is 11.3 Å². The number of aromatic nitrogens is 2. The van der Waals surface area contributed by atoms with Gasteiger partial charge < -0.3 is 5.11 Å². The van der Waals surface area contributed by atoms with Crippen LogP contribution in [0.4, 0.5) is 13.2 Å². The van der Waals surface area contributed by atoms with Crippen LogP contribution in [-0.4, -0.2) is 15.1 Å². The first-order valence-corrected chi connectivity index (χ1v) is 5.95. The second kappa shape index (κ2) is 4.83. The van der Waals surface area contributed by atoms with E-state index >= 15 is 0 Å². The van der Waals surface area contributed by atoms with Gasteiger partial charge in [0.2, 0.25) is 0 Å². The summed E-state index contributed by atoms with van der Waals surface area (Å²) in [6.07, 6.45) is -4.26. The zero-order valence-electron chi connectivity index (χ0n) is 8.65. The fraction of sp³-hybridized carbons (Fsp3) is 0.200. The van der Waals surface area contributed by atoms with Crippen molar-refractivity contribution in [3.05, 3.63) is 45.1 Å². The highest BCUT2D eigenvalue weighted by Crippen LogP contribution is 2.33. The fourth-order valence-electron chi connectivity index (χ4n) is 1.32. The Kier molecular flexibility index (Phi) is 3.56. The molecule has 18 heavy (non-hydrogen) atoms. The minimum Gasteiger partial charge on any atom is -0.383 e. The molecule has 0 fully saturated rings. The summed E-state index contributed by atoms with van der Waals surface area (Å²) in [5, 5.41) is 9.55. The molecule has 1 unspecified atom stereocenters. The van der Waals surface area contributed by atoms with Gasteiger partial charge in [-0.25, -0.2) is 4.98 Å². The maximum absolute atomic E-state index is 12.4. The van der Waals surface area contributed by atoms with Crippen LogP contribution < -0.4 is 0 Å². The Morgan fingerprint density at radius 1 is 1.33 bits per heavy atom. The molecular weight excluding hydrogens is 289 g/mol. The van der Waals surface area contributed by atoms with Crippen molar-refractivity contribution in [1.29, 1.82) is 0 Å². The van der Waals surface area contributed by atoms with Crippen LogP contribution in [0.1, 0.15) is 22.2 Å². The minimum absolute atomic E-state index is 0.119. The Morgan fingerprint density at radius 2 is 2.06 bits per heavy atom. The predicted molar refractivity (Wildman–Crippen MR) is 60.4 cm³/mol. The summed E-state index contributed by atoms with van der Waals surface area (Å²) in [6, 6.07) is 1.90. The van der Waals surface area contributed by atoms with Crippen molar-refractivity contribution in [3.63, 3.8) is 0 Å². The average Bonchev–Trinajstić information content (AvgIpc) is 2.80. The quantitative estimate of drug-likeness (QED) is 0.865. The summed E-state index contributed by atoms with van der Waals surface area (Å²) in [4.78, 5) is 7.49. The van der Waals surface area contributed by atoms with Crippen molar-refractivity contribution in [3.8, 4) is 0 Å². The van der Waals surface area contributed by atoms with Crippen LogP contribution in [0.2, 0.25) is 5.15 Å². The highest BCUT2D eigenvalue weighted by atomic mass is 35.5. The Balaban J connectivity index is 2.36. The zero-order chi connectivity index (χ0) is 13.3. The third-order valence-corrected chi connectivity index (χ3v) is 3.31. The number of nitrogens with zero attached hydrogens (tertiary/aromatic N) is 2. The van der Waals surface area contributed by atoms with E-state index < -0.39 is 18.0 Å². The van der Waals surface area contributed by atoms with Gasteiger partial charge in [-0.1, -0.05) is 17.7 Å². The van der Waals surface area contributed by atoms with E-state index in [0.717, 1.165) is 12.1 Å². The molecule has 0 aliphatic heterocycles. The highest BCUT2D eigenvalue weighted by molar-refractivity contribution is 7.09. The number of hydrogen-bond acceptors (Lipinski definition) is 4. The van der Waals surface area contributed by atoms with E-state index in [4.69, 9.17) is 11.6 Å². The number of halogens is 4. The molecule has 0 amide bonds. The van der Waals surface area contributed by atoms with Crippen molar-refractivity contribution in [2.75, 3.05) is 0 Å². The van der Waals surface area contributed by atoms with Gasteiger partial charge in [0.05, 0.1) is 10.4 Å². The molecule has 0 saturated heterocycles. The highest BCUT2D eigenvalue weighted by Gasteiger charge is 2.33. The van der Waals surface area contributed by atoms with Crippen molar-refractivity contribution >= 4 is 22.9 Å². The van der Waals surface area contributed by atoms with Crippen LogP contribution in [0.5, 0.6) is 0 Å². The van der Waals surface area contributed by atoms with Crippen LogP contribution in [0.3, 0.4) is 0 Å². The van der Waals surface area contributed by atoms with Gasteiger partial charge in [-0.3, -0.25) is 4.98 Å². The molecule has 2 heterocycles. The first-order chi connectivity index (χ1) is 8.39. The summed E-state index contributed by atoms with van der Waals surface area (Å²) < 4.78 is 37.1. The molecule has 0 aliphatic carbocycles. The van der Waals surface area contributed by atoms with Gasteiger partial charge in [-0.2, -0.15) is 13.2 Å². The SMILES string of the molecule is OC(c1cncs1)c1ccc(C(F)(F)F)nc1Cl. The number of aliphatic hydroxyl groups is 1. The van der Waals surface area contributed by atoms with Gasteiger partial charge >= 0.3 is 6.18 Å². The van der Waals surface area contributed by atoms with Crippen LogP contribution >= 0.6 is 22.9 Å². The molecule has 8 heteroatoms. The molecule has 0 aromatic carbocycles. The molecule has 2 aromatic heterocycles. The average molecular weight is 295 g/mol. The van der Waals surface area contributed by atoms with E-state index in [9.17, 15) is 18.3 Å². The number of alkyl halides is 3. The summed E-state index contributed by atoms with van der Waals surface area (Å²) in [6.45, 7) is 0. The molecule has 96 valence electrons. The maximum Gasteiger partial charge on any atom is 0.433 e. The molecule has 1 atom stereocenters. The lowest BCUT2D eigenvalue weighted by molar-refractivity contribution is -0.141. The topological polar surface area (TPSA) is 46.0 Å². The summed E-state index contributed by atoms with van der Waals surface area (Å²) in [7, 11) is 0. The molecule has 2 rings (SSSR count). The van der Waals surface area contributed by atoms with Crippen molar-refractivity contribution in [2.24, 2.45) is 0 Å². The number of aliphatic hydroxyl groups excluding tert-OH is 1. The normalized spacial score (nSPS) is 13.6. The summed E-state index contributed by atoms with van der Waals surface area (Å²) >= 11 is 6.83. The molecule has 1 N–H and O–H groups in total. The predicted octanol–water partition coefficient (Wildman–Crippen LogP) is 3.29. The van der Waals surface area contributed by atoms with Gasteiger partial charge in [0.25, 0.3) is 0 Å².